The van der Waals surface area contributed by atoms with Crippen molar-refractivity contribution in [3.63, 3.8) is 0 Å². The number of hydrogen-bond donors (Lipinski definition) is 2. The summed E-state index contributed by atoms with van der Waals surface area (Å²) in [6, 6.07) is 1.68. The molecule has 3 N–H and O–H groups in total. The number of anilines is 2. The van der Waals surface area contributed by atoms with Crippen LogP contribution < -0.4 is 11.1 Å². The second-order valence-corrected chi connectivity index (χ2v) is 8.84. The number of nitrogen functional groups attached to an aromatic ring is 1. The van der Waals surface area contributed by atoms with E-state index in [1.54, 1.807) is 18.5 Å². The number of amides is 1. The molecule has 4 aromatic rings. The van der Waals surface area contributed by atoms with E-state index >= 15 is 0 Å². The van der Waals surface area contributed by atoms with E-state index in [0.717, 1.165) is 37.3 Å². The molecule has 182 valence electrons. The van der Waals surface area contributed by atoms with E-state index in [4.69, 9.17) is 10.2 Å². The SMILES string of the molecule is Cc1nc2cnc(N)c(C#Cc3cncc(C(=O)Nc4nnc(C5CCN(C)CC5)o4)c3)c2nc1C. The molecule has 4 aromatic heterocycles. The van der Waals surface area contributed by atoms with Crippen molar-refractivity contribution in [1.82, 2.24) is 35.0 Å². The number of piperidine rings is 1. The summed E-state index contributed by atoms with van der Waals surface area (Å²) in [4.78, 5) is 32.5. The zero-order valence-corrected chi connectivity index (χ0v) is 20.2. The Bertz CT molecular complexity index is 1510. The molecule has 0 radical (unpaired) electrons. The van der Waals surface area contributed by atoms with Gasteiger partial charge in [-0.1, -0.05) is 16.9 Å². The van der Waals surface area contributed by atoms with E-state index in [2.05, 4.69) is 59.2 Å². The first kappa shape index (κ1) is 23.3. The summed E-state index contributed by atoms with van der Waals surface area (Å²) in [5, 5.41) is 10.7. The van der Waals surface area contributed by atoms with Gasteiger partial charge in [0.25, 0.3) is 5.91 Å². The average Bonchev–Trinajstić information content (AvgIpc) is 3.33. The number of hydrogen-bond acceptors (Lipinski definition) is 10. The van der Waals surface area contributed by atoms with Crippen molar-refractivity contribution in [2.45, 2.75) is 32.6 Å². The van der Waals surface area contributed by atoms with Gasteiger partial charge in [-0.3, -0.25) is 15.1 Å². The van der Waals surface area contributed by atoms with Gasteiger partial charge in [-0.05, 0) is 52.9 Å². The Labute approximate surface area is 207 Å². The fraction of sp³-hybridized carbons (Fsp3) is 0.320. The van der Waals surface area contributed by atoms with Gasteiger partial charge in [-0.25, -0.2) is 15.0 Å². The highest BCUT2D eigenvalue weighted by molar-refractivity contribution is 6.03. The first-order valence-corrected chi connectivity index (χ1v) is 11.6. The van der Waals surface area contributed by atoms with E-state index < -0.39 is 5.91 Å². The van der Waals surface area contributed by atoms with Crippen LogP contribution in [0, 0.1) is 25.7 Å². The molecular weight excluding hydrogens is 458 g/mol. The summed E-state index contributed by atoms with van der Waals surface area (Å²) >= 11 is 0. The number of pyridine rings is 2. The number of nitrogens with two attached hydrogens (primary N) is 1. The molecule has 0 bridgehead atoms. The monoisotopic (exact) mass is 483 g/mol. The van der Waals surface area contributed by atoms with Crippen LogP contribution in [0.1, 0.15) is 57.5 Å². The summed E-state index contributed by atoms with van der Waals surface area (Å²) in [6.45, 7) is 5.71. The second kappa shape index (κ2) is 9.67. The zero-order chi connectivity index (χ0) is 25.2. The molecule has 0 aromatic carbocycles. The molecule has 1 fully saturated rings. The first-order valence-electron chi connectivity index (χ1n) is 11.6. The summed E-state index contributed by atoms with van der Waals surface area (Å²) in [7, 11) is 2.09. The van der Waals surface area contributed by atoms with Crippen LogP contribution in [-0.4, -0.2) is 61.1 Å². The number of carbonyl (C=O) groups is 1. The lowest BCUT2D eigenvalue weighted by Gasteiger charge is -2.26. The van der Waals surface area contributed by atoms with Gasteiger partial charge in [0, 0.05) is 23.9 Å². The molecule has 1 aliphatic heterocycles. The molecule has 0 saturated carbocycles. The van der Waals surface area contributed by atoms with Gasteiger partial charge < -0.3 is 15.1 Å². The molecule has 36 heavy (non-hydrogen) atoms. The van der Waals surface area contributed by atoms with Gasteiger partial charge in [0.15, 0.2) is 0 Å². The van der Waals surface area contributed by atoms with Gasteiger partial charge in [-0.2, -0.15) is 0 Å². The highest BCUT2D eigenvalue weighted by Gasteiger charge is 2.24. The lowest BCUT2D eigenvalue weighted by molar-refractivity contribution is 0.102. The third-order valence-corrected chi connectivity index (χ3v) is 6.21. The number of nitrogens with one attached hydrogen (secondary N) is 1. The largest absolute Gasteiger partial charge is 0.408 e. The molecule has 1 amide bonds. The summed E-state index contributed by atoms with van der Waals surface area (Å²) in [5.41, 5.74) is 10.2. The molecule has 0 atom stereocenters. The maximum atomic E-state index is 12.8. The zero-order valence-electron chi connectivity index (χ0n) is 20.2. The van der Waals surface area contributed by atoms with Gasteiger partial charge in [0.1, 0.15) is 16.9 Å². The Balaban J connectivity index is 1.34. The predicted molar refractivity (Wildman–Crippen MR) is 133 cm³/mol. The maximum Gasteiger partial charge on any atom is 0.322 e. The summed E-state index contributed by atoms with van der Waals surface area (Å²) in [5.74, 6) is 6.61. The molecule has 1 saturated heterocycles. The highest BCUT2D eigenvalue weighted by atomic mass is 16.4. The number of nitrogens with zero attached hydrogens (tertiary/aromatic N) is 7. The Morgan fingerprint density at radius 2 is 1.89 bits per heavy atom. The van der Waals surface area contributed by atoms with Crippen LogP contribution in [0.3, 0.4) is 0 Å². The fourth-order valence-corrected chi connectivity index (χ4v) is 3.98. The van der Waals surface area contributed by atoms with Crippen LogP contribution in [-0.2, 0) is 0 Å². The van der Waals surface area contributed by atoms with E-state index in [-0.39, 0.29) is 17.8 Å². The molecule has 0 spiro atoms. The normalized spacial score (nSPS) is 14.4. The van der Waals surface area contributed by atoms with Crippen molar-refractivity contribution < 1.29 is 9.21 Å². The van der Waals surface area contributed by atoms with Crippen molar-refractivity contribution >= 4 is 28.8 Å². The fourth-order valence-electron chi connectivity index (χ4n) is 3.98. The van der Waals surface area contributed by atoms with Gasteiger partial charge >= 0.3 is 6.01 Å². The molecule has 0 aliphatic carbocycles. The maximum absolute atomic E-state index is 12.8. The Kier molecular flexibility index (Phi) is 6.26. The first-order chi connectivity index (χ1) is 17.4. The quantitative estimate of drug-likeness (QED) is 0.416. The summed E-state index contributed by atoms with van der Waals surface area (Å²) < 4.78 is 5.70. The van der Waals surface area contributed by atoms with Crippen molar-refractivity contribution in [3.05, 3.63) is 58.6 Å². The smallest absolute Gasteiger partial charge is 0.322 e. The van der Waals surface area contributed by atoms with Crippen LogP contribution in [0.5, 0.6) is 0 Å². The summed E-state index contributed by atoms with van der Waals surface area (Å²) in [6.07, 6.45) is 6.47. The Hall–Kier alpha value is -4.43. The van der Waals surface area contributed by atoms with Crippen LogP contribution in [0.2, 0.25) is 0 Å². The van der Waals surface area contributed by atoms with Gasteiger partial charge in [0.05, 0.1) is 28.7 Å². The Morgan fingerprint density at radius 1 is 1.11 bits per heavy atom. The molecule has 11 nitrogen and oxygen atoms in total. The van der Waals surface area contributed by atoms with Crippen LogP contribution in [0.4, 0.5) is 11.8 Å². The second-order valence-electron chi connectivity index (χ2n) is 8.84. The molecule has 5 heterocycles. The van der Waals surface area contributed by atoms with E-state index in [1.807, 2.05) is 13.8 Å². The highest BCUT2D eigenvalue weighted by Crippen LogP contribution is 2.27. The molecule has 1 aliphatic rings. The van der Waals surface area contributed by atoms with Gasteiger partial charge in [0.2, 0.25) is 5.89 Å². The van der Waals surface area contributed by atoms with Crippen LogP contribution in [0.15, 0.2) is 29.1 Å². The minimum atomic E-state index is -0.423. The number of aromatic nitrogens is 6. The minimum absolute atomic E-state index is 0.0595. The average molecular weight is 484 g/mol. The van der Waals surface area contributed by atoms with Crippen LogP contribution >= 0.6 is 0 Å². The van der Waals surface area contributed by atoms with Crippen molar-refractivity contribution in [3.8, 4) is 11.8 Å². The predicted octanol–water partition coefficient (Wildman–Crippen LogP) is 2.46. The molecule has 5 rings (SSSR count). The minimum Gasteiger partial charge on any atom is -0.408 e. The van der Waals surface area contributed by atoms with E-state index in [1.165, 1.54) is 6.20 Å². The van der Waals surface area contributed by atoms with Gasteiger partial charge in [-0.15, -0.1) is 5.10 Å². The number of fused-ring (bicyclic) bond motifs is 1. The number of carbonyl (C=O) groups excluding carboxylic acids is 1. The third-order valence-electron chi connectivity index (χ3n) is 6.21. The molecular formula is C25H25N9O2. The van der Waals surface area contributed by atoms with Crippen molar-refractivity contribution in [2.75, 3.05) is 31.2 Å². The standard InChI is InChI=1S/C25H25N9O2/c1-14-15(2)30-21-19(22(26)28-13-20(21)29-14)5-4-16-10-18(12-27-11-16)23(35)31-25-33-32-24(36-25)17-6-8-34(3)9-7-17/h10-13,17H,6-9H2,1-3H3,(H2,26,28)(H,31,33,35). The topological polar surface area (TPSA) is 149 Å². The Morgan fingerprint density at radius 3 is 2.69 bits per heavy atom. The van der Waals surface area contributed by atoms with Crippen LogP contribution in [0.25, 0.3) is 11.0 Å². The van der Waals surface area contributed by atoms with Crippen molar-refractivity contribution in [2.24, 2.45) is 0 Å². The lowest BCUT2D eigenvalue weighted by Crippen LogP contribution is -2.29. The molecule has 11 heteroatoms. The van der Waals surface area contributed by atoms with E-state index in [0.29, 0.717) is 33.6 Å². The number of rotatable bonds is 3. The van der Waals surface area contributed by atoms with E-state index in [9.17, 15) is 4.79 Å². The molecule has 0 unspecified atom stereocenters. The lowest BCUT2D eigenvalue weighted by atomic mass is 9.97. The third kappa shape index (κ3) is 4.85. The van der Waals surface area contributed by atoms with Crippen molar-refractivity contribution in [1.29, 1.82) is 0 Å². The number of likely N-dealkylation sites (tertiary alicyclic amines) is 1. The number of aryl methyl sites for hydroxylation is 2.